The summed E-state index contributed by atoms with van der Waals surface area (Å²) in [7, 11) is 3.10. The van der Waals surface area contributed by atoms with Crippen LogP contribution in [-0.4, -0.2) is 60.8 Å². The second kappa shape index (κ2) is 10.4. The molecule has 4 aromatic rings. The van der Waals surface area contributed by atoms with Gasteiger partial charge in [0.15, 0.2) is 11.5 Å². The van der Waals surface area contributed by atoms with Crippen LogP contribution in [0.3, 0.4) is 0 Å². The molecule has 37 heavy (non-hydrogen) atoms. The van der Waals surface area contributed by atoms with Crippen molar-refractivity contribution in [1.82, 2.24) is 9.88 Å². The van der Waals surface area contributed by atoms with Crippen LogP contribution in [-0.2, 0) is 11.3 Å². The molecule has 0 saturated carbocycles. The molecule has 9 nitrogen and oxygen atoms in total. The SMILES string of the molecule is COc1cc(-n2ccc3c(-c4ccc5c(c4)OCCO5)cccc32)cc(OC)c1CN[C@@H](CO)C(=O)O. The molecule has 3 aromatic carbocycles. The lowest BCUT2D eigenvalue weighted by Gasteiger charge is -2.19. The average molecular weight is 505 g/mol. The molecule has 0 radical (unpaired) electrons. The van der Waals surface area contributed by atoms with Gasteiger partial charge >= 0.3 is 5.97 Å². The van der Waals surface area contributed by atoms with E-state index < -0.39 is 18.6 Å². The van der Waals surface area contributed by atoms with Gasteiger partial charge < -0.3 is 33.7 Å². The minimum absolute atomic E-state index is 0.144. The minimum Gasteiger partial charge on any atom is -0.496 e. The van der Waals surface area contributed by atoms with Crippen molar-refractivity contribution in [2.45, 2.75) is 12.6 Å². The second-order valence-electron chi connectivity index (χ2n) is 8.57. The first kappa shape index (κ1) is 24.5. The van der Waals surface area contributed by atoms with E-state index in [1.54, 1.807) is 14.2 Å². The van der Waals surface area contributed by atoms with Gasteiger partial charge in [-0.05, 0) is 35.4 Å². The number of ether oxygens (including phenoxy) is 4. The number of methoxy groups -OCH3 is 2. The molecular weight excluding hydrogens is 476 g/mol. The molecule has 0 aliphatic carbocycles. The van der Waals surface area contributed by atoms with Crippen LogP contribution in [0.1, 0.15) is 5.56 Å². The second-order valence-corrected chi connectivity index (χ2v) is 8.57. The van der Waals surface area contributed by atoms with Gasteiger partial charge in [-0.2, -0.15) is 0 Å². The van der Waals surface area contributed by atoms with Gasteiger partial charge in [0, 0.05) is 30.3 Å². The molecule has 2 heterocycles. The van der Waals surface area contributed by atoms with Crippen molar-refractivity contribution in [3.05, 3.63) is 66.4 Å². The highest BCUT2D eigenvalue weighted by Crippen LogP contribution is 2.39. The summed E-state index contributed by atoms with van der Waals surface area (Å²) >= 11 is 0. The number of carboxylic acid groups (broad SMARTS) is 1. The molecule has 1 aliphatic rings. The monoisotopic (exact) mass is 504 g/mol. The van der Waals surface area contributed by atoms with Crippen molar-refractivity contribution in [2.75, 3.05) is 34.0 Å². The Morgan fingerprint density at radius 1 is 1.03 bits per heavy atom. The van der Waals surface area contributed by atoms with E-state index >= 15 is 0 Å². The molecule has 1 aliphatic heterocycles. The Balaban J connectivity index is 1.53. The molecule has 9 heteroatoms. The molecular formula is C28H28N2O7. The zero-order chi connectivity index (χ0) is 25.9. The van der Waals surface area contributed by atoms with Crippen molar-refractivity contribution in [3.8, 4) is 39.8 Å². The first-order valence-electron chi connectivity index (χ1n) is 11.9. The number of hydrogen-bond acceptors (Lipinski definition) is 7. The number of fused-ring (bicyclic) bond motifs is 2. The van der Waals surface area contributed by atoms with Crippen LogP contribution in [0.2, 0.25) is 0 Å². The standard InChI is InChI=1S/C28H28N2O7/c1-34-25-13-18(14-26(35-2)21(25)15-29-22(16-31)28(32)33)30-9-8-20-19(4-3-5-23(20)30)17-6-7-24-27(12-17)37-11-10-36-24/h3-9,12-14,22,29,31H,10-11,15-16H2,1-2H3,(H,32,33)/t22-/m0/s1. The van der Waals surface area contributed by atoms with Crippen LogP contribution in [0.5, 0.6) is 23.0 Å². The molecule has 0 bridgehead atoms. The van der Waals surface area contributed by atoms with E-state index in [-0.39, 0.29) is 6.54 Å². The third kappa shape index (κ3) is 4.66. The van der Waals surface area contributed by atoms with Crippen LogP contribution in [0, 0.1) is 0 Å². The smallest absolute Gasteiger partial charge is 0.323 e. The van der Waals surface area contributed by atoms with Crippen molar-refractivity contribution in [1.29, 1.82) is 0 Å². The summed E-state index contributed by atoms with van der Waals surface area (Å²) in [6.07, 6.45) is 1.99. The maximum atomic E-state index is 11.3. The maximum Gasteiger partial charge on any atom is 0.323 e. The number of aliphatic hydroxyl groups excluding tert-OH is 1. The summed E-state index contributed by atoms with van der Waals surface area (Å²) in [5, 5.41) is 22.5. The van der Waals surface area contributed by atoms with Gasteiger partial charge in [-0.1, -0.05) is 18.2 Å². The molecule has 0 saturated heterocycles. The number of carboxylic acids is 1. The van der Waals surface area contributed by atoms with E-state index in [0.29, 0.717) is 30.3 Å². The Labute approximate surface area is 213 Å². The van der Waals surface area contributed by atoms with E-state index in [2.05, 4.69) is 17.4 Å². The van der Waals surface area contributed by atoms with Crippen molar-refractivity contribution >= 4 is 16.9 Å². The number of aliphatic carboxylic acids is 1. The summed E-state index contributed by atoms with van der Waals surface area (Å²) < 4.78 is 24.8. The summed E-state index contributed by atoms with van der Waals surface area (Å²) in [6, 6.07) is 16.8. The van der Waals surface area contributed by atoms with Gasteiger partial charge in [-0.3, -0.25) is 10.1 Å². The van der Waals surface area contributed by atoms with E-state index in [1.807, 2.05) is 53.2 Å². The van der Waals surface area contributed by atoms with Crippen LogP contribution >= 0.6 is 0 Å². The van der Waals surface area contributed by atoms with E-state index in [1.165, 1.54) is 0 Å². The quantitative estimate of drug-likeness (QED) is 0.317. The van der Waals surface area contributed by atoms with Gasteiger partial charge in [0.25, 0.3) is 0 Å². The predicted octanol–water partition coefficient (Wildman–Crippen LogP) is 3.62. The van der Waals surface area contributed by atoms with E-state index in [4.69, 9.17) is 18.9 Å². The molecule has 3 N–H and O–H groups in total. The predicted molar refractivity (Wildman–Crippen MR) is 138 cm³/mol. The average Bonchev–Trinajstić information content (AvgIpc) is 3.37. The molecule has 0 spiro atoms. The Bertz CT molecular complexity index is 1420. The van der Waals surface area contributed by atoms with Crippen molar-refractivity contribution < 1.29 is 34.0 Å². The molecule has 5 rings (SSSR count). The van der Waals surface area contributed by atoms with E-state index in [9.17, 15) is 15.0 Å². The van der Waals surface area contributed by atoms with Gasteiger partial charge in [0.1, 0.15) is 30.8 Å². The fourth-order valence-electron chi connectivity index (χ4n) is 4.59. The van der Waals surface area contributed by atoms with Crippen molar-refractivity contribution in [3.63, 3.8) is 0 Å². The molecule has 0 unspecified atom stereocenters. The Hall–Kier alpha value is -4.21. The Morgan fingerprint density at radius 3 is 2.43 bits per heavy atom. The first-order chi connectivity index (χ1) is 18.0. The highest BCUT2D eigenvalue weighted by atomic mass is 16.6. The Kier molecular flexibility index (Phi) is 6.89. The number of aromatic nitrogens is 1. The number of nitrogens with zero attached hydrogens (tertiary/aromatic N) is 1. The number of rotatable bonds is 9. The number of hydrogen-bond donors (Lipinski definition) is 3. The van der Waals surface area contributed by atoms with Crippen LogP contribution in [0.4, 0.5) is 0 Å². The van der Waals surface area contributed by atoms with Crippen LogP contribution in [0.25, 0.3) is 27.7 Å². The molecule has 0 amide bonds. The van der Waals surface area contributed by atoms with E-state index in [0.717, 1.165) is 39.2 Å². The van der Waals surface area contributed by atoms with Gasteiger partial charge in [0.2, 0.25) is 0 Å². The largest absolute Gasteiger partial charge is 0.496 e. The zero-order valence-corrected chi connectivity index (χ0v) is 20.6. The zero-order valence-electron chi connectivity index (χ0n) is 20.6. The summed E-state index contributed by atoms with van der Waals surface area (Å²) in [4.78, 5) is 11.3. The third-order valence-corrected chi connectivity index (χ3v) is 6.46. The topological polar surface area (TPSA) is 111 Å². The highest BCUT2D eigenvalue weighted by Gasteiger charge is 2.20. The summed E-state index contributed by atoms with van der Waals surface area (Å²) in [6.45, 7) is 0.696. The maximum absolute atomic E-state index is 11.3. The molecule has 1 atom stereocenters. The summed E-state index contributed by atoms with van der Waals surface area (Å²) in [5.41, 5.74) is 4.57. The van der Waals surface area contributed by atoms with Gasteiger partial charge in [-0.15, -0.1) is 0 Å². The fraction of sp³-hybridized carbons (Fsp3) is 0.250. The molecule has 0 fully saturated rings. The molecule has 192 valence electrons. The van der Waals surface area contributed by atoms with Gasteiger partial charge in [0.05, 0.1) is 37.6 Å². The third-order valence-electron chi connectivity index (χ3n) is 6.46. The van der Waals surface area contributed by atoms with Crippen LogP contribution in [0.15, 0.2) is 60.8 Å². The number of carbonyl (C=O) groups is 1. The fourth-order valence-corrected chi connectivity index (χ4v) is 4.59. The van der Waals surface area contributed by atoms with Crippen molar-refractivity contribution in [2.24, 2.45) is 0 Å². The lowest BCUT2D eigenvalue weighted by Crippen LogP contribution is -2.39. The number of aliphatic hydroxyl groups is 1. The lowest BCUT2D eigenvalue weighted by atomic mass is 10.0. The number of benzene rings is 3. The minimum atomic E-state index is -1.13. The lowest BCUT2D eigenvalue weighted by molar-refractivity contribution is -0.140. The highest BCUT2D eigenvalue weighted by molar-refractivity contribution is 5.96. The Morgan fingerprint density at radius 2 is 1.76 bits per heavy atom. The molecule has 1 aromatic heterocycles. The normalized spacial score (nSPS) is 13.4. The first-order valence-corrected chi connectivity index (χ1v) is 11.9. The van der Waals surface area contributed by atoms with Gasteiger partial charge in [-0.25, -0.2) is 0 Å². The number of nitrogens with one attached hydrogen (secondary N) is 1. The van der Waals surface area contributed by atoms with Crippen LogP contribution < -0.4 is 24.3 Å². The summed E-state index contributed by atoms with van der Waals surface area (Å²) in [5.74, 6) is 1.43.